The second kappa shape index (κ2) is 4.57. The second-order valence-corrected chi connectivity index (χ2v) is 4.06. The van der Waals surface area contributed by atoms with Crippen molar-refractivity contribution >= 4 is 11.6 Å². The van der Waals surface area contributed by atoms with E-state index >= 15 is 0 Å². The van der Waals surface area contributed by atoms with Gasteiger partial charge in [-0.1, -0.05) is 23.7 Å². The van der Waals surface area contributed by atoms with Gasteiger partial charge >= 0.3 is 6.18 Å². The van der Waals surface area contributed by atoms with E-state index in [1.54, 1.807) is 6.92 Å². The summed E-state index contributed by atoms with van der Waals surface area (Å²) in [6.45, 7) is 1.65. The number of aromatic nitrogens is 2. The Morgan fingerprint density at radius 1 is 1.22 bits per heavy atom. The molecule has 0 unspecified atom stereocenters. The molecular formula is C12H8ClF3N2. The Morgan fingerprint density at radius 2 is 1.94 bits per heavy atom. The lowest BCUT2D eigenvalue weighted by Gasteiger charge is -2.09. The summed E-state index contributed by atoms with van der Waals surface area (Å²) >= 11 is 5.90. The molecule has 2 nitrogen and oxygen atoms in total. The first-order chi connectivity index (χ1) is 8.38. The van der Waals surface area contributed by atoms with Crippen LogP contribution in [0.3, 0.4) is 0 Å². The molecule has 18 heavy (non-hydrogen) atoms. The lowest BCUT2D eigenvalue weighted by Crippen LogP contribution is -2.04. The second-order valence-electron chi connectivity index (χ2n) is 3.70. The summed E-state index contributed by atoms with van der Waals surface area (Å²) in [5.74, 6) is 0.468. The van der Waals surface area contributed by atoms with Gasteiger partial charge in [0.25, 0.3) is 0 Å². The van der Waals surface area contributed by atoms with E-state index in [-0.39, 0.29) is 5.15 Å². The van der Waals surface area contributed by atoms with Gasteiger partial charge in [-0.15, -0.1) is 0 Å². The molecule has 0 atom stereocenters. The van der Waals surface area contributed by atoms with Gasteiger partial charge in [-0.2, -0.15) is 13.2 Å². The van der Waals surface area contributed by atoms with Gasteiger partial charge in [0.1, 0.15) is 11.0 Å². The molecule has 0 N–H and O–H groups in total. The normalized spacial score (nSPS) is 11.6. The lowest BCUT2D eigenvalue weighted by molar-refractivity contribution is -0.137. The Labute approximate surface area is 106 Å². The molecule has 1 heterocycles. The smallest absolute Gasteiger partial charge is 0.241 e. The Balaban J connectivity index is 2.51. The van der Waals surface area contributed by atoms with Crippen molar-refractivity contribution in [3.05, 3.63) is 47.0 Å². The third kappa shape index (κ3) is 2.61. The predicted molar refractivity (Wildman–Crippen MR) is 62.2 cm³/mol. The van der Waals surface area contributed by atoms with E-state index in [9.17, 15) is 13.2 Å². The number of aryl methyl sites for hydroxylation is 1. The van der Waals surface area contributed by atoms with E-state index in [2.05, 4.69) is 9.97 Å². The molecule has 0 radical (unpaired) electrons. The number of hydrogen-bond acceptors (Lipinski definition) is 2. The van der Waals surface area contributed by atoms with Crippen LogP contribution in [0, 0.1) is 6.92 Å². The maximum Gasteiger partial charge on any atom is 0.416 e. The summed E-state index contributed by atoms with van der Waals surface area (Å²) in [4.78, 5) is 7.85. The highest BCUT2D eigenvalue weighted by Crippen LogP contribution is 2.33. The zero-order valence-corrected chi connectivity index (χ0v) is 10.0. The van der Waals surface area contributed by atoms with E-state index in [0.29, 0.717) is 17.0 Å². The van der Waals surface area contributed by atoms with Gasteiger partial charge in [0, 0.05) is 11.8 Å². The minimum Gasteiger partial charge on any atom is -0.241 e. The van der Waals surface area contributed by atoms with E-state index in [1.807, 2.05) is 0 Å². The zero-order valence-electron chi connectivity index (χ0n) is 9.29. The number of hydrogen-bond donors (Lipinski definition) is 0. The maximum atomic E-state index is 12.6. The van der Waals surface area contributed by atoms with Gasteiger partial charge in [-0.3, -0.25) is 0 Å². The summed E-state index contributed by atoms with van der Waals surface area (Å²) in [6, 6.07) is 4.90. The molecule has 2 rings (SSSR count). The molecule has 1 aromatic carbocycles. The number of rotatable bonds is 1. The fraction of sp³-hybridized carbons (Fsp3) is 0.167. The van der Waals surface area contributed by atoms with Gasteiger partial charge in [0.2, 0.25) is 0 Å². The van der Waals surface area contributed by atoms with Crippen molar-refractivity contribution in [3.8, 4) is 11.1 Å². The topological polar surface area (TPSA) is 25.8 Å². The van der Waals surface area contributed by atoms with Gasteiger partial charge in [-0.25, -0.2) is 9.97 Å². The van der Waals surface area contributed by atoms with Crippen LogP contribution in [0.1, 0.15) is 11.4 Å². The van der Waals surface area contributed by atoms with Crippen LogP contribution in [0.5, 0.6) is 0 Å². The van der Waals surface area contributed by atoms with E-state index in [1.165, 1.54) is 18.3 Å². The molecule has 0 fully saturated rings. The first-order valence-corrected chi connectivity index (χ1v) is 5.42. The molecule has 0 amide bonds. The summed E-state index contributed by atoms with van der Waals surface area (Å²) in [6.07, 6.45) is -2.96. The van der Waals surface area contributed by atoms with Crippen LogP contribution in [-0.4, -0.2) is 9.97 Å². The predicted octanol–water partition coefficient (Wildman–Crippen LogP) is 4.12. The van der Waals surface area contributed by atoms with Crippen molar-refractivity contribution in [2.24, 2.45) is 0 Å². The first kappa shape index (κ1) is 12.8. The SMILES string of the molecule is Cc1ncc(-c2cccc(C(F)(F)F)c2)c(Cl)n1. The van der Waals surface area contributed by atoms with Crippen LogP contribution >= 0.6 is 11.6 Å². The average Bonchev–Trinajstić information content (AvgIpc) is 2.28. The van der Waals surface area contributed by atoms with Crippen molar-refractivity contribution in [2.45, 2.75) is 13.1 Å². The highest BCUT2D eigenvalue weighted by atomic mass is 35.5. The fourth-order valence-corrected chi connectivity index (χ4v) is 1.78. The Morgan fingerprint density at radius 3 is 2.56 bits per heavy atom. The summed E-state index contributed by atoms with van der Waals surface area (Å²) in [5.41, 5.74) is -0.000154. The Bertz CT molecular complexity index is 582. The minimum absolute atomic E-state index is 0.141. The maximum absolute atomic E-state index is 12.6. The number of nitrogens with zero attached hydrogens (tertiary/aromatic N) is 2. The molecule has 0 aliphatic heterocycles. The standard InChI is InChI=1S/C12H8ClF3N2/c1-7-17-6-10(11(13)18-7)8-3-2-4-9(5-8)12(14,15)16/h2-6H,1H3. The van der Waals surface area contributed by atoms with Crippen molar-refractivity contribution in [3.63, 3.8) is 0 Å². The van der Waals surface area contributed by atoms with E-state index < -0.39 is 11.7 Å². The van der Waals surface area contributed by atoms with Gasteiger partial charge < -0.3 is 0 Å². The van der Waals surface area contributed by atoms with Crippen molar-refractivity contribution in [1.29, 1.82) is 0 Å². The Hall–Kier alpha value is -1.62. The summed E-state index contributed by atoms with van der Waals surface area (Å²) in [5, 5.41) is 0.141. The van der Waals surface area contributed by atoms with E-state index in [4.69, 9.17) is 11.6 Å². The quantitative estimate of drug-likeness (QED) is 0.730. The molecule has 0 aliphatic carbocycles. The number of benzene rings is 1. The third-order valence-electron chi connectivity index (χ3n) is 2.36. The van der Waals surface area contributed by atoms with Gasteiger partial charge in [-0.05, 0) is 24.6 Å². The number of alkyl halides is 3. The molecule has 0 aliphatic rings. The van der Waals surface area contributed by atoms with Crippen molar-refractivity contribution < 1.29 is 13.2 Å². The molecule has 6 heteroatoms. The highest BCUT2D eigenvalue weighted by Gasteiger charge is 2.30. The van der Waals surface area contributed by atoms with Crippen molar-refractivity contribution in [2.75, 3.05) is 0 Å². The fourth-order valence-electron chi connectivity index (χ4n) is 1.50. The van der Waals surface area contributed by atoms with Crippen LogP contribution in [0.4, 0.5) is 13.2 Å². The van der Waals surface area contributed by atoms with Crippen LogP contribution in [-0.2, 0) is 6.18 Å². The molecule has 1 aromatic heterocycles. The molecule has 0 saturated carbocycles. The van der Waals surface area contributed by atoms with Gasteiger partial charge in [0.05, 0.1) is 5.56 Å². The first-order valence-electron chi connectivity index (χ1n) is 5.04. The Kier molecular flexibility index (Phi) is 3.26. The largest absolute Gasteiger partial charge is 0.416 e. The van der Waals surface area contributed by atoms with Crippen LogP contribution in [0.15, 0.2) is 30.5 Å². The molecular weight excluding hydrogens is 265 g/mol. The number of halogens is 4. The summed E-state index contributed by atoms with van der Waals surface area (Å²) < 4.78 is 37.8. The molecule has 0 spiro atoms. The molecule has 0 saturated heterocycles. The molecule has 0 bridgehead atoms. The highest BCUT2D eigenvalue weighted by molar-refractivity contribution is 6.32. The molecule has 94 valence electrons. The molecule has 2 aromatic rings. The van der Waals surface area contributed by atoms with Crippen LogP contribution < -0.4 is 0 Å². The average molecular weight is 273 g/mol. The lowest BCUT2D eigenvalue weighted by atomic mass is 10.1. The zero-order chi connectivity index (χ0) is 13.3. The monoisotopic (exact) mass is 272 g/mol. The van der Waals surface area contributed by atoms with Gasteiger partial charge in [0.15, 0.2) is 0 Å². The minimum atomic E-state index is -4.38. The van der Waals surface area contributed by atoms with Crippen molar-refractivity contribution in [1.82, 2.24) is 9.97 Å². The van der Waals surface area contributed by atoms with E-state index in [0.717, 1.165) is 12.1 Å². The van der Waals surface area contributed by atoms with Crippen LogP contribution in [0.2, 0.25) is 5.15 Å². The third-order valence-corrected chi connectivity index (χ3v) is 2.65. The summed E-state index contributed by atoms with van der Waals surface area (Å²) in [7, 11) is 0. The van der Waals surface area contributed by atoms with Crippen LogP contribution in [0.25, 0.3) is 11.1 Å².